The average molecular weight is 252 g/mol. The van der Waals surface area contributed by atoms with Crippen LogP contribution in [0.1, 0.15) is 5.82 Å². The number of rotatable bonds is 4. The van der Waals surface area contributed by atoms with Gasteiger partial charge in [0.15, 0.2) is 9.84 Å². The Kier molecular flexibility index (Phi) is 3.10. The lowest BCUT2D eigenvalue weighted by atomic mass is 10.3. The van der Waals surface area contributed by atoms with Gasteiger partial charge in [-0.15, -0.1) is 0 Å². The van der Waals surface area contributed by atoms with Crippen LogP contribution in [0.25, 0.3) is 0 Å². The third-order valence-corrected chi connectivity index (χ3v) is 3.35. The summed E-state index contributed by atoms with van der Waals surface area (Å²) in [4.78, 5) is 4.22. The van der Waals surface area contributed by atoms with Gasteiger partial charge in [0.2, 0.25) is 0 Å². The molecule has 0 aliphatic rings. The lowest BCUT2D eigenvalue weighted by Crippen LogP contribution is -2.06. The molecule has 2 aromatic rings. The van der Waals surface area contributed by atoms with Crippen molar-refractivity contribution in [2.45, 2.75) is 11.4 Å². The highest BCUT2D eigenvalue weighted by Gasteiger charge is 2.12. The van der Waals surface area contributed by atoms with E-state index in [4.69, 9.17) is 0 Å². The van der Waals surface area contributed by atoms with E-state index in [1.54, 1.807) is 24.3 Å². The number of nitrogens with zero attached hydrogens (tertiary/aromatic N) is 2. The maximum atomic E-state index is 11.5. The van der Waals surface area contributed by atoms with E-state index in [-0.39, 0.29) is 4.90 Å². The number of para-hydroxylation sites is 1. The van der Waals surface area contributed by atoms with E-state index < -0.39 is 9.84 Å². The molecule has 1 aromatic heterocycles. The fraction of sp³-hybridized carbons (Fsp3) is 0.200. The maximum absolute atomic E-state index is 11.5. The van der Waals surface area contributed by atoms with E-state index in [1.807, 2.05) is 0 Å². The number of H-pyrrole nitrogens is 1. The third kappa shape index (κ3) is 2.82. The van der Waals surface area contributed by atoms with Crippen molar-refractivity contribution in [2.75, 3.05) is 11.6 Å². The zero-order chi connectivity index (χ0) is 12.3. The molecule has 1 heterocycles. The molecule has 6 nitrogen and oxygen atoms in total. The Hall–Kier alpha value is -1.89. The number of benzene rings is 1. The molecular formula is C10H12N4O2S. The number of anilines is 1. The van der Waals surface area contributed by atoms with Crippen molar-refractivity contribution in [1.29, 1.82) is 0 Å². The monoisotopic (exact) mass is 252 g/mol. The smallest absolute Gasteiger partial charge is 0.177 e. The van der Waals surface area contributed by atoms with Crippen molar-refractivity contribution >= 4 is 15.5 Å². The van der Waals surface area contributed by atoms with Crippen molar-refractivity contribution in [1.82, 2.24) is 15.2 Å². The lowest BCUT2D eigenvalue weighted by molar-refractivity contribution is 0.602. The first kappa shape index (κ1) is 11.6. The maximum Gasteiger partial charge on any atom is 0.177 e. The minimum Gasteiger partial charge on any atom is -0.377 e. The van der Waals surface area contributed by atoms with Crippen LogP contribution in [-0.2, 0) is 16.4 Å². The normalized spacial score (nSPS) is 11.4. The molecular weight excluding hydrogens is 240 g/mol. The summed E-state index contributed by atoms with van der Waals surface area (Å²) in [6.07, 6.45) is 2.58. The lowest BCUT2D eigenvalue weighted by Gasteiger charge is -2.09. The Bertz CT molecular complexity index is 593. The van der Waals surface area contributed by atoms with Gasteiger partial charge in [-0.3, -0.25) is 5.10 Å². The van der Waals surface area contributed by atoms with Crippen LogP contribution in [0.5, 0.6) is 0 Å². The van der Waals surface area contributed by atoms with E-state index in [1.165, 1.54) is 12.6 Å². The summed E-state index contributed by atoms with van der Waals surface area (Å²) >= 11 is 0. The SMILES string of the molecule is CS(=O)(=O)c1ccccc1NCc1ncn[nH]1. The summed E-state index contributed by atoms with van der Waals surface area (Å²) in [5.41, 5.74) is 0.561. The third-order valence-electron chi connectivity index (χ3n) is 2.20. The molecule has 0 atom stereocenters. The molecule has 0 bridgehead atoms. The van der Waals surface area contributed by atoms with Crippen molar-refractivity contribution < 1.29 is 8.42 Å². The fourth-order valence-electron chi connectivity index (χ4n) is 1.43. The van der Waals surface area contributed by atoms with Crippen molar-refractivity contribution in [2.24, 2.45) is 0 Å². The summed E-state index contributed by atoms with van der Waals surface area (Å²) < 4.78 is 23.1. The molecule has 0 unspecified atom stereocenters. The van der Waals surface area contributed by atoms with Crippen LogP contribution in [0, 0.1) is 0 Å². The molecule has 17 heavy (non-hydrogen) atoms. The van der Waals surface area contributed by atoms with E-state index in [0.717, 1.165) is 0 Å². The molecule has 0 spiro atoms. The molecule has 90 valence electrons. The van der Waals surface area contributed by atoms with Gasteiger partial charge in [-0.1, -0.05) is 12.1 Å². The Labute approximate surface area is 99.0 Å². The molecule has 7 heteroatoms. The van der Waals surface area contributed by atoms with Gasteiger partial charge in [-0.25, -0.2) is 13.4 Å². The minimum atomic E-state index is -3.23. The van der Waals surface area contributed by atoms with Crippen LogP contribution in [0.4, 0.5) is 5.69 Å². The number of aromatic nitrogens is 3. The van der Waals surface area contributed by atoms with E-state index in [2.05, 4.69) is 20.5 Å². The quantitative estimate of drug-likeness (QED) is 0.841. The molecule has 0 saturated heterocycles. The van der Waals surface area contributed by atoms with Crippen molar-refractivity contribution in [3.63, 3.8) is 0 Å². The van der Waals surface area contributed by atoms with Gasteiger partial charge in [-0.2, -0.15) is 5.10 Å². The van der Waals surface area contributed by atoms with Gasteiger partial charge in [0.05, 0.1) is 17.1 Å². The van der Waals surface area contributed by atoms with Gasteiger partial charge < -0.3 is 5.32 Å². The molecule has 0 aliphatic heterocycles. The summed E-state index contributed by atoms with van der Waals surface area (Å²) in [6, 6.07) is 6.75. The molecule has 2 rings (SSSR count). The number of sulfone groups is 1. The molecule has 0 fully saturated rings. The standard InChI is InChI=1S/C10H12N4O2S/c1-17(15,16)9-5-3-2-4-8(9)11-6-10-12-7-13-14-10/h2-5,7,11H,6H2,1H3,(H,12,13,14). The molecule has 0 aliphatic carbocycles. The van der Waals surface area contributed by atoms with E-state index in [9.17, 15) is 8.42 Å². The Morgan fingerprint density at radius 2 is 2.12 bits per heavy atom. The molecule has 0 saturated carbocycles. The van der Waals surface area contributed by atoms with Crippen LogP contribution in [0.15, 0.2) is 35.5 Å². The van der Waals surface area contributed by atoms with Gasteiger partial charge in [-0.05, 0) is 12.1 Å². The second-order valence-corrected chi connectivity index (χ2v) is 5.54. The second kappa shape index (κ2) is 4.54. The van der Waals surface area contributed by atoms with Gasteiger partial charge in [0.25, 0.3) is 0 Å². The predicted octanol–water partition coefficient (Wildman–Crippen LogP) is 0.820. The second-order valence-electron chi connectivity index (χ2n) is 3.55. The van der Waals surface area contributed by atoms with E-state index in [0.29, 0.717) is 18.1 Å². The summed E-state index contributed by atoms with van der Waals surface area (Å²) in [6.45, 7) is 0.395. The molecule has 1 aromatic carbocycles. The number of aromatic amines is 1. The van der Waals surface area contributed by atoms with Gasteiger partial charge in [0, 0.05) is 6.26 Å². The average Bonchev–Trinajstić information content (AvgIpc) is 2.78. The zero-order valence-corrected chi connectivity index (χ0v) is 10.0. The van der Waals surface area contributed by atoms with Crippen LogP contribution in [-0.4, -0.2) is 29.9 Å². The first-order valence-electron chi connectivity index (χ1n) is 4.94. The Morgan fingerprint density at radius 3 is 2.76 bits per heavy atom. The van der Waals surface area contributed by atoms with Crippen LogP contribution < -0.4 is 5.32 Å². The number of hydrogen-bond donors (Lipinski definition) is 2. The highest BCUT2D eigenvalue weighted by Crippen LogP contribution is 2.20. The van der Waals surface area contributed by atoms with Crippen LogP contribution in [0.3, 0.4) is 0 Å². The first-order valence-corrected chi connectivity index (χ1v) is 6.84. The summed E-state index contributed by atoms with van der Waals surface area (Å²) in [5.74, 6) is 0.647. The van der Waals surface area contributed by atoms with Crippen molar-refractivity contribution in [3.8, 4) is 0 Å². The topological polar surface area (TPSA) is 87.7 Å². The predicted molar refractivity (Wildman–Crippen MR) is 63.3 cm³/mol. The van der Waals surface area contributed by atoms with Gasteiger partial charge in [0.1, 0.15) is 12.2 Å². The van der Waals surface area contributed by atoms with Crippen LogP contribution >= 0.6 is 0 Å². The zero-order valence-electron chi connectivity index (χ0n) is 9.21. The molecule has 0 amide bonds. The van der Waals surface area contributed by atoms with E-state index >= 15 is 0 Å². The molecule has 2 N–H and O–H groups in total. The summed E-state index contributed by atoms with van der Waals surface area (Å²) in [7, 11) is -3.23. The highest BCUT2D eigenvalue weighted by molar-refractivity contribution is 7.90. The minimum absolute atomic E-state index is 0.277. The number of hydrogen-bond acceptors (Lipinski definition) is 5. The highest BCUT2D eigenvalue weighted by atomic mass is 32.2. The van der Waals surface area contributed by atoms with Crippen LogP contribution in [0.2, 0.25) is 0 Å². The number of nitrogens with one attached hydrogen (secondary N) is 2. The molecule has 0 radical (unpaired) electrons. The first-order chi connectivity index (χ1) is 8.07. The Morgan fingerprint density at radius 1 is 1.35 bits per heavy atom. The Balaban J connectivity index is 2.22. The summed E-state index contributed by atoms with van der Waals surface area (Å²) in [5, 5.41) is 9.41. The fourth-order valence-corrected chi connectivity index (χ4v) is 2.30. The van der Waals surface area contributed by atoms with Gasteiger partial charge >= 0.3 is 0 Å². The largest absolute Gasteiger partial charge is 0.377 e. The van der Waals surface area contributed by atoms with Crippen molar-refractivity contribution in [3.05, 3.63) is 36.4 Å².